The highest BCUT2D eigenvalue weighted by molar-refractivity contribution is 9.10. The van der Waals surface area contributed by atoms with Gasteiger partial charge in [0, 0.05) is 21.6 Å². The van der Waals surface area contributed by atoms with Gasteiger partial charge in [-0.25, -0.2) is 39.5 Å². The van der Waals surface area contributed by atoms with Crippen LogP contribution in [0.25, 0.3) is 0 Å². The average molecular weight is 1600 g/mol. The van der Waals surface area contributed by atoms with Crippen LogP contribution in [0.2, 0.25) is 20.1 Å². The zero-order chi connectivity index (χ0) is 79.5. The van der Waals surface area contributed by atoms with E-state index in [0.29, 0.717) is 66.7 Å². The number of para-hydroxylation sites is 1. The molecule has 0 radical (unpaired) electrons. The molecule has 8 aromatic rings. The number of hydrogen-bond donors (Lipinski definition) is 0. The summed E-state index contributed by atoms with van der Waals surface area (Å²) in [4.78, 5) is 0. The molecule has 0 fully saturated rings. The van der Waals surface area contributed by atoms with Crippen molar-refractivity contribution >= 4 is 62.3 Å². The van der Waals surface area contributed by atoms with Crippen LogP contribution in [0.1, 0.15) is 163 Å². The molecule has 103 heavy (non-hydrogen) atoms. The third-order valence-corrected chi connectivity index (χ3v) is 12.5. The van der Waals surface area contributed by atoms with E-state index in [2.05, 4.69) is 15.9 Å². The molecule has 8 rings (SSSR count). The monoisotopic (exact) mass is 1590 g/mol. The van der Waals surface area contributed by atoms with Crippen LogP contribution in [-0.2, 0) is 0 Å². The van der Waals surface area contributed by atoms with Crippen molar-refractivity contribution < 1.29 is 81.8 Å². The van der Waals surface area contributed by atoms with Gasteiger partial charge in [-0.2, -0.15) is 4.39 Å². The highest BCUT2D eigenvalue weighted by Gasteiger charge is 2.22. The molecule has 0 aromatic heterocycles. The predicted molar refractivity (Wildman–Crippen MR) is 402 cm³/mol. The summed E-state index contributed by atoms with van der Waals surface area (Å²) in [7, 11) is 0. The molecule has 0 aliphatic carbocycles. The molecule has 0 N–H and O–H groups in total. The Balaban J connectivity index is 0.000000589. The Kier molecular flexibility index (Phi) is 38.6. The van der Waals surface area contributed by atoms with Crippen molar-refractivity contribution in [3.8, 4) is 46.0 Å². The molecule has 0 aliphatic rings. The second-order valence-corrected chi connectivity index (χ2v) is 31.6. The van der Waals surface area contributed by atoms with Crippen LogP contribution < -0.4 is 37.9 Å². The minimum Gasteiger partial charge on any atom is -0.488 e. The van der Waals surface area contributed by atoms with E-state index < -0.39 is 46.1 Å². The molecular weight excluding hydrogens is 1500 g/mol. The van der Waals surface area contributed by atoms with E-state index in [1.54, 1.807) is 90.1 Å². The van der Waals surface area contributed by atoms with E-state index in [1.165, 1.54) is 36.4 Å². The first-order valence-corrected chi connectivity index (χ1v) is 34.6. The number of ether oxygens (including phenoxy) is 8. The maximum Gasteiger partial charge on any atom is 0.203 e. The molecule has 0 unspecified atom stereocenters. The van der Waals surface area contributed by atoms with Gasteiger partial charge in [0.05, 0.1) is 27.3 Å². The molecular formula is C80H97BrCl4F10O8. The molecule has 0 spiro atoms. The van der Waals surface area contributed by atoms with Crippen molar-refractivity contribution in [1.82, 2.24) is 0 Å². The van der Waals surface area contributed by atoms with Crippen LogP contribution >= 0.6 is 62.3 Å². The summed E-state index contributed by atoms with van der Waals surface area (Å²) in [5.41, 5.74) is -0.613. The fourth-order valence-electron chi connectivity index (χ4n) is 7.26. The minimum atomic E-state index is -1.51. The SMILES string of the molecule is CC(C)(C)Oc1cc(Br)ccc1Cl.CC(C)(C)Oc1cc(F)c(F)cc1F.CC(C)(C)Oc1ccc(Cl)cc1Cl.CC(C)(C)Oc1ccc(F)c(F)c1F.CC(C)(C)Oc1ccc(F)cc1Cl.CC(C)Oc1ccccc1F.Cc1ccc(OC(C)(C)C)c(F)c1.Cc1ccc(OC(C)C)c(F)c1. The van der Waals surface area contributed by atoms with Crippen LogP contribution in [0.4, 0.5) is 43.9 Å². The lowest BCUT2D eigenvalue weighted by Crippen LogP contribution is -2.23. The van der Waals surface area contributed by atoms with E-state index in [1.807, 2.05) is 155 Å². The van der Waals surface area contributed by atoms with Gasteiger partial charge in [0.15, 0.2) is 75.3 Å². The van der Waals surface area contributed by atoms with E-state index in [4.69, 9.17) is 84.3 Å². The lowest BCUT2D eigenvalue weighted by molar-refractivity contribution is 0.122. The summed E-state index contributed by atoms with van der Waals surface area (Å²) in [5.74, 6) is -6.21. The molecule has 0 bridgehead atoms. The quantitative estimate of drug-likeness (QED) is 0.0762. The lowest BCUT2D eigenvalue weighted by atomic mass is 10.2. The van der Waals surface area contributed by atoms with Gasteiger partial charge in [0.25, 0.3) is 0 Å². The fraction of sp³-hybridized carbons (Fsp3) is 0.400. The Morgan fingerprint density at radius 2 is 0.660 bits per heavy atom. The van der Waals surface area contributed by atoms with E-state index in [0.717, 1.165) is 27.7 Å². The van der Waals surface area contributed by atoms with Crippen LogP contribution in [0.15, 0.2) is 144 Å². The summed E-state index contributed by atoms with van der Waals surface area (Å²) in [5, 5.41) is 2.10. The third kappa shape index (κ3) is 42.0. The molecule has 570 valence electrons. The topological polar surface area (TPSA) is 73.8 Å². The second-order valence-electron chi connectivity index (χ2n) is 29.0. The van der Waals surface area contributed by atoms with Crippen LogP contribution in [0, 0.1) is 72.0 Å². The zero-order valence-electron chi connectivity index (χ0n) is 62.9. The first-order valence-electron chi connectivity index (χ1n) is 32.3. The Hall–Kier alpha value is -6.90. The second kappa shape index (κ2) is 42.3. The van der Waals surface area contributed by atoms with Gasteiger partial charge in [-0.3, -0.25) is 0 Å². The van der Waals surface area contributed by atoms with E-state index in [9.17, 15) is 43.9 Å². The maximum absolute atomic E-state index is 13.3. The van der Waals surface area contributed by atoms with Gasteiger partial charge >= 0.3 is 0 Å². The summed E-state index contributed by atoms with van der Waals surface area (Å²) < 4.78 is 172. The highest BCUT2D eigenvalue weighted by Crippen LogP contribution is 2.34. The summed E-state index contributed by atoms with van der Waals surface area (Å²) in [6.07, 6.45) is 0.0362. The number of rotatable bonds is 10. The van der Waals surface area contributed by atoms with Gasteiger partial charge in [0.1, 0.15) is 56.7 Å². The normalized spacial score (nSPS) is 11.2. The van der Waals surface area contributed by atoms with Crippen molar-refractivity contribution in [2.45, 2.75) is 212 Å². The first-order chi connectivity index (χ1) is 46.9. The smallest absolute Gasteiger partial charge is 0.203 e. The van der Waals surface area contributed by atoms with Crippen molar-refractivity contribution in [3.05, 3.63) is 233 Å². The van der Waals surface area contributed by atoms with Crippen molar-refractivity contribution in [1.29, 1.82) is 0 Å². The van der Waals surface area contributed by atoms with Gasteiger partial charge < -0.3 is 37.9 Å². The molecule has 0 amide bonds. The van der Waals surface area contributed by atoms with Gasteiger partial charge in [-0.15, -0.1) is 0 Å². The van der Waals surface area contributed by atoms with Crippen molar-refractivity contribution in [2.24, 2.45) is 0 Å². The predicted octanol–water partition coefficient (Wildman–Crippen LogP) is 27.5. The Labute approximate surface area is 631 Å². The Morgan fingerprint density at radius 1 is 0.291 bits per heavy atom. The highest BCUT2D eigenvalue weighted by atomic mass is 79.9. The van der Waals surface area contributed by atoms with E-state index >= 15 is 0 Å². The number of hydrogen-bond acceptors (Lipinski definition) is 8. The first kappa shape index (κ1) is 94.1. The van der Waals surface area contributed by atoms with Crippen LogP contribution in [0.3, 0.4) is 0 Å². The molecule has 8 nitrogen and oxygen atoms in total. The fourth-order valence-corrected chi connectivity index (χ4v) is 8.41. The molecule has 0 saturated heterocycles. The molecule has 0 atom stereocenters. The number of benzene rings is 8. The average Bonchev–Trinajstić information content (AvgIpc) is 0.833. The van der Waals surface area contributed by atoms with Gasteiger partial charge in [0.2, 0.25) is 5.82 Å². The van der Waals surface area contributed by atoms with Gasteiger partial charge in [-0.05, 0) is 280 Å². The number of aryl methyl sites for hydroxylation is 2. The maximum atomic E-state index is 13.3. The molecule has 8 aromatic carbocycles. The summed E-state index contributed by atoms with van der Waals surface area (Å²) in [6, 6.07) is 34.3. The molecule has 0 saturated carbocycles. The van der Waals surface area contributed by atoms with E-state index in [-0.39, 0.29) is 69.4 Å². The zero-order valence-corrected chi connectivity index (χ0v) is 67.5. The Morgan fingerprint density at radius 3 is 1.10 bits per heavy atom. The molecule has 0 heterocycles. The van der Waals surface area contributed by atoms with Crippen LogP contribution in [0.5, 0.6) is 46.0 Å². The molecule has 23 heteroatoms. The largest absolute Gasteiger partial charge is 0.488 e. The molecule has 0 aliphatic heterocycles. The lowest BCUT2D eigenvalue weighted by Gasteiger charge is -2.22. The van der Waals surface area contributed by atoms with Crippen molar-refractivity contribution in [3.63, 3.8) is 0 Å². The summed E-state index contributed by atoms with van der Waals surface area (Å²) in [6.45, 7) is 44.6. The number of halogens is 15. The third-order valence-electron chi connectivity index (χ3n) is 10.9. The van der Waals surface area contributed by atoms with Crippen LogP contribution in [-0.4, -0.2) is 45.8 Å². The summed E-state index contributed by atoms with van der Waals surface area (Å²) >= 11 is 26.8. The van der Waals surface area contributed by atoms with Gasteiger partial charge in [-0.1, -0.05) is 86.6 Å². The standard InChI is InChI=1S/C11H15FO.C10H12BrClO.C10H12Cl2O.C10H12ClFO.2C10H11F3O.C10H13FO.C9H11FO/c1-8-5-6-10(9(12)7-8)13-11(2,3)4;1-10(2,3)13-9-6-7(11)4-5-8(9)12;1-10(2,3)13-9-5-4-7(11)6-8(9)12;1-10(2,3)13-9-5-4-7(12)6-8(9)11;1-10(2,3)14-9-5-7(12)6(11)4-8(9)13;1-10(2,3)14-7-5-4-6(11)8(12)9(7)13;1-7(2)12-10-5-4-8(3)6-9(10)11;1-7(2)11-9-6-4-3-5-8(9)10/h5-7H,1-4H3;3*4-6H,1-3H3;2*4-5H,1-3H3;4-7H,1-3H3;3-7H,1-2H3. The van der Waals surface area contributed by atoms with Crippen molar-refractivity contribution in [2.75, 3.05) is 0 Å². The minimum absolute atomic E-state index is 0.0159. The Bertz CT molecular complexity index is 3750.